The molecule has 104 valence electrons. The lowest BCUT2D eigenvalue weighted by Crippen LogP contribution is -2.40. The first-order valence-corrected chi connectivity index (χ1v) is 6.72. The molecule has 5 heteroatoms. The Morgan fingerprint density at radius 1 is 1.47 bits per heavy atom. The Hall–Kier alpha value is -1.75. The molecule has 1 atom stereocenters. The minimum Gasteiger partial charge on any atom is -0.396 e. The Labute approximate surface area is 113 Å². The second-order valence-electron chi connectivity index (χ2n) is 5.14. The Kier molecular flexibility index (Phi) is 4.27. The SMILES string of the molecule is CN1CCCCC1CNc1cccc(C(N)=O)c1N. The average molecular weight is 262 g/mol. The van der Waals surface area contributed by atoms with Gasteiger partial charge in [0.05, 0.1) is 16.9 Å². The number of hydrogen-bond acceptors (Lipinski definition) is 4. The highest BCUT2D eigenvalue weighted by atomic mass is 16.1. The molecular formula is C14H22N4O. The number of primary amides is 1. The van der Waals surface area contributed by atoms with Crippen molar-refractivity contribution in [2.24, 2.45) is 5.73 Å². The molecule has 1 aromatic carbocycles. The quantitative estimate of drug-likeness (QED) is 0.713. The summed E-state index contributed by atoms with van der Waals surface area (Å²) in [5.74, 6) is -0.490. The van der Waals surface area contributed by atoms with E-state index in [1.54, 1.807) is 12.1 Å². The van der Waals surface area contributed by atoms with Gasteiger partial charge in [-0.1, -0.05) is 12.5 Å². The summed E-state index contributed by atoms with van der Waals surface area (Å²) in [6, 6.07) is 5.84. The largest absolute Gasteiger partial charge is 0.396 e. The van der Waals surface area contributed by atoms with E-state index in [-0.39, 0.29) is 0 Å². The minimum absolute atomic E-state index is 0.377. The molecule has 5 N–H and O–H groups in total. The maximum Gasteiger partial charge on any atom is 0.250 e. The van der Waals surface area contributed by atoms with Crippen LogP contribution in [0.5, 0.6) is 0 Å². The third-order valence-corrected chi connectivity index (χ3v) is 3.82. The monoisotopic (exact) mass is 262 g/mol. The molecule has 0 radical (unpaired) electrons. The molecular weight excluding hydrogens is 240 g/mol. The van der Waals surface area contributed by atoms with Crippen LogP contribution >= 0.6 is 0 Å². The number of nitrogens with two attached hydrogens (primary N) is 2. The number of amides is 1. The number of anilines is 2. The normalized spacial score (nSPS) is 20.2. The molecule has 1 aliphatic rings. The lowest BCUT2D eigenvalue weighted by atomic mass is 10.0. The van der Waals surface area contributed by atoms with E-state index in [1.807, 2.05) is 6.07 Å². The Morgan fingerprint density at radius 2 is 2.26 bits per heavy atom. The van der Waals surface area contributed by atoms with Crippen LogP contribution in [0.1, 0.15) is 29.6 Å². The molecule has 1 saturated heterocycles. The van der Waals surface area contributed by atoms with E-state index in [0.717, 1.165) is 18.8 Å². The molecule has 0 aromatic heterocycles. The van der Waals surface area contributed by atoms with E-state index in [2.05, 4.69) is 17.3 Å². The number of rotatable bonds is 4. The fourth-order valence-corrected chi connectivity index (χ4v) is 2.56. The summed E-state index contributed by atoms with van der Waals surface area (Å²) in [7, 11) is 2.15. The number of piperidine rings is 1. The van der Waals surface area contributed by atoms with Crippen LogP contribution in [0.15, 0.2) is 18.2 Å². The minimum atomic E-state index is -0.490. The van der Waals surface area contributed by atoms with Crippen molar-refractivity contribution in [2.75, 3.05) is 31.2 Å². The van der Waals surface area contributed by atoms with Crippen LogP contribution in [0.25, 0.3) is 0 Å². The van der Waals surface area contributed by atoms with Crippen LogP contribution in [0, 0.1) is 0 Å². The van der Waals surface area contributed by atoms with Gasteiger partial charge in [-0.25, -0.2) is 0 Å². The molecule has 1 aromatic rings. The zero-order chi connectivity index (χ0) is 13.8. The lowest BCUT2D eigenvalue weighted by molar-refractivity contribution is 0.100. The van der Waals surface area contributed by atoms with Crippen LogP contribution < -0.4 is 16.8 Å². The summed E-state index contributed by atoms with van der Waals surface area (Å²) in [5, 5.41) is 3.33. The van der Waals surface area contributed by atoms with E-state index in [9.17, 15) is 4.79 Å². The van der Waals surface area contributed by atoms with Gasteiger partial charge in [0, 0.05) is 12.6 Å². The highest BCUT2D eigenvalue weighted by molar-refractivity contribution is 6.00. The first kappa shape index (κ1) is 13.7. The predicted octanol–water partition coefficient (Wildman–Crippen LogP) is 1.26. The summed E-state index contributed by atoms with van der Waals surface area (Å²) in [5.41, 5.74) is 12.8. The fraction of sp³-hybridized carbons (Fsp3) is 0.500. The third kappa shape index (κ3) is 3.17. The molecule has 1 heterocycles. The first-order valence-electron chi connectivity index (χ1n) is 6.72. The zero-order valence-corrected chi connectivity index (χ0v) is 11.4. The van der Waals surface area contributed by atoms with Crippen molar-refractivity contribution in [3.05, 3.63) is 23.8 Å². The third-order valence-electron chi connectivity index (χ3n) is 3.82. The summed E-state index contributed by atoms with van der Waals surface area (Å²) in [4.78, 5) is 13.6. The highest BCUT2D eigenvalue weighted by Crippen LogP contribution is 2.23. The van der Waals surface area contributed by atoms with Gasteiger partial charge in [0.1, 0.15) is 0 Å². The number of hydrogen-bond donors (Lipinski definition) is 3. The number of para-hydroxylation sites is 1. The zero-order valence-electron chi connectivity index (χ0n) is 11.4. The van der Waals surface area contributed by atoms with Crippen molar-refractivity contribution >= 4 is 17.3 Å². The highest BCUT2D eigenvalue weighted by Gasteiger charge is 2.19. The lowest BCUT2D eigenvalue weighted by Gasteiger charge is -2.32. The van der Waals surface area contributed by atoms with Gasteiger partial charge in [-0.05, 0) is 38.6 Å². The number of likely N-dealkylation sites (tertiary alicyclic amines) is 1. The maximum absolute atomic E-state index is 11.2. The predicted molar refractivity (Wildman–Crippen MR) is 78.1 cm³/mol. The number of likely N-dealkylation sites (N-methyl/N-ethyl adjacent to an activating group) is 1. The molecule has 0 aliphatic carbocycles. The van der Waals surface area contributed by atoms with E-state index < -0.39 is 5.91 Å². The molecule has 0 saturated carbocycles. The summed E-state index contributed by atoms with van der Waals surface area (Å²) < 4.78 is 0. The molecule has 19 heavy (non-hydrogen) atoms. The smallest absolute Gasteiger partial charge is 0.250 e. The number of nitrogens with zero attached hydrogens (tertiary/aromatic N) is 1. The number of carbonyl (C=O) groups excluding carboxylic acids is 1. The molecule has 1 unspecified atom stereocenters. The molecule has 1 fully saturated rings. The van der Waals surface area contributed by atoms with E-state index in [1.165, 1.54) is 19.3 Å². The van der Waals surface area contributed by atoms with Gasteiger partial charge in [-0.15, -0.1) is 0 Å². The van der Waals surface area contributed by atoms with Crippen LogP contribution in [0.2, 0.25) is 0 Å². The maximum atomic E-state index is 11.2. The topological polar surface area (TPSA) is 84.4 Å². The summed E-state index contributed by atoms with van der Waals surface area (Å²) >= 11 is 0. The van der Waals surface area contributed by atoms with Gasteiger partial charge in [0.2, 0.25) is 0 Å². The molecule has 0 spiro atoms. The van der Waals surface area contributed by atoms with Crippen molar-refractivity contribution < 1.29 is 4.79 Å². The number of nitrogens with one attached hydrogen (secondary N) is 1. The standard InChI is InChI=1S/C14H22N4O/c1-18-8-3-2-5-10(18)9-17-12-7-4-6-11(13(12)15)14(16)19/h4,6-7,10,17H,2-3,5,8-9,15H2,1H3,(H2,16,19). The van der Waals surface area contributed by atoms with Gasteiger partial charge < -0.3 is 21.7 Å². The van der Waals surface area contributed by atoms with Crippen LogP contribution in [-0.2, 0) is 0 Å². The molecule has 5 nitrogen and oxygen atoms in total. The van der Waals surface area contributed by atoms with E-state index in [4.69, 9.17) is 11.5 Å². The Morgan fingerprint density at radius 3 is 2.95 bits per heavy atom. The molecule has 0 bridgehead atoms. The van der Waals surface area contributed by atoms with Gasteiger partial charge in [0.15, 0.2) is 0 Å². The summed E-state index contributed by atoms with van der Waals surface area (Å²) in [6.07, 6.45) is 3.73. The van der Waals surface area contributed by atoms with Crippen molar-refractivity contribution in [2.45, 2.75) is 25.3 Å². The number of benzene rings is 1. The summed E-state index contributed by atoms with van der Waals surface area (Å²) in [6.45, 7) is 1.98. The van der Waals surface area contributed by atoms with Crippen molar-refractivity contribution in [1.82, 2.24) is 4.90 Å². The van der Waals surface area contributed by atoms with E-state index >= 15 is 0 Å². The second kappa shape index (κ2) is 5.93. The van der Waals surface area contributed by atoms with Gasteiger partial charge >= 0.3 is 0 Å². The van der Waals surface area contributed by atoms with Gasteiger partial charge in [-0.2, -0.15) is 0 Å². The van der Waals surface area contributed by atoms with Crippen LogP contribution in [-0.4, -0.2) is 37.0 Å². The molecule has 2 rings (SSSR count). The van der Waals surface area contributed by atoms with Gasteiger partial charge in [0.25, 0.3) is 5.91 Å². The molecule has 1 aliphatic heterocycles. The number of nitrogen functional groups attached to an aromatic ring is 1. The Bertz CT molecular complexity index is 461. The van der Waals surface area contributed by atoms with Crippen LogP contribution in [0.3, 0.4) is 0 Å². The van der Waals surface area contributed by atoms with Crippen molar-refractivity contribution in [1.29, 1.82) is 0 Å². The average Bonchev–Trinajstić information content (AvgIpc) is 2.39. The van der Waals surface area contributed by atoms with E-state index in [0.29, 0.717) is 17.3 Å². The number of carbonyl (C=O) groups is 1. The van der Waals surface area contributed by atoms with Crippen molar-refractivity contribution in [3.8, 4) is 0 Å². The fourth-order valence-electron chi connectivity index (χ4n) is 2.56. The van der Waals surface area contributed by atoms with Crippen LogP contribution in [0.4, 0.5) is 11.4 Å². The van der Waals surface area contributed by atoms with Crippen molar-refractivity contribution in [3.63, 3.8) is 0 Å². The van der Waals surface area contributed by atoms with Gasteiger partial charge in [-0.3, -0.25) is 4.79 Å². The second-order valence-corrected chi connectivity index (χ2v) is 5.14. The Balaban J connectivity index is 2.03. The molecule has 1 amide bonds. The first-order chi connectivity index (χ1) is 9.09.